The molecule has 2 amide bonds. The lowest BCUT2D eigenvalue weighted by Crippen LogP contribution is -2.29. The van der Waals surface area contributed by atoms with E-state index in [1.165, 1.54) is 13.0 Å². The molecule has 27 heavy (non-hydrogen) atoms. The maximum absolute atomic E-state index is 12.5. The van der Waals surface area contributed by atoms with E-state index in [4.69, 9.17) is 0 Å². The highest BCUT2D eigenvalue weighted by Crippen LogP contribution is 2.12. The molecule has 2 aromatic rings. The van der Waals surface area contributed by atoms with Crippen molar-refractivity contribution in [3.05, 3.63) is 77.4 Å². The molecule has 0 saturated carbocycles. The van der Waals surface area contributed by atoms with Crippen molar-refractivity contribution in [2.75, 3.05) is 11.9 Å². The van der Waals surface area contributed by atoms with E-state index in [2.05, 4.69) is 5.32 Å². The highest BCUT2D eigenvalue weighted by Gasteiger charge is 2.13. The third-order valence-corrected chi connectivity index (χ3v) is 4.16. The fraction of sp³-hybridized carbons (Fsp3) is 0.227. The molecule has 0 aliphatic heterocycles. The second-order valence-corrected chi connectivity index (χ2v) is 6.25. The average Bonchev–Trinajstić information content (AvgIpc) is 2.67. The third-order valence-electron chi connectivity index (χ3n) is 4.16. The fourth-order valence-electron chi connectivity index (χ4n) is 2.51. The molecule has 2 rings (SSSR count). The number of nitrogens with zero attached hydrogens (tertiary/aromatic N) is 1. The number of hydrogen-bond donors (Lipinski definition) is 1. The molecule has 0 fully saturated rings. The Morgan fingerprint density at radius 3 is 2.15 bits per heavy atom. The van der Waals surface area contributed by atoms with Crippen LogP contribution >= 0.6 is 0 Å². The van der Waals surface area contributed by atoms with Crippen LogP contribution in [0.3, 0.4) is 0 Å². The Morgan fingerprint density at radius 1 is 0.963 bits per heavy atom. The van der Waals surface area contributed by atoms with Gasteiger partial charge in [-0.15, -0.1) is 0 Å². The van der Waals surface area contributed by atoms with Crippen molar-refractivity contribution in [3.8, 4) is 0 Å². The summed E-state index contributed by atoms with van der Waals surface area (Å²) in [6.45, 7) is 6.04. The van der Waals surface area contributed by atoms with Crippen LogP contribution in [0, 0.1) is 0 Å². The number of nitrogens with one attached hydrogen (secondary N) is 1. The Labute approximate surface area is 159 Å². The number of carbonyl (C=O) groups excluding carboxylic acids is 3. The number of likely N-dealkylation sites (N-methyl/N-ethyl adjacent to an activating group) is 1. The number of hydrogen-bond acceptors (Lipinski definition) is 3. The number of amides is 2. The van der Waals surface area contributed by atoms with Gasteiger partial charge < -0.3 is 10.2 Å². The third kappa shape index (κ3) is 5.92. The van der Waals surface area contributed by atoms with Gasteiger partial charge in [0.25, 0.3) is 5.91 Å². The Hall–Kier alpha value is -3.21. The highest BCUT2D eigenvalue weighted by molar-refractivity contribution is 6.07. The van der Waals surface area contributed by atoms with Crippen molar-refractivity contribution < 1.29 is 14.4 Å². The first-order valence-electron chi connectivity index (χ1n) is 8.84. The molecule has 0 unspecified atom stereocenters. The normalized spacial score (nSPS) is 11.0. The van der Waals surface area contributed by atoms with Gasteiger partial charge in [-0.3, -0.25) is 14.4 Å². The van der Waals surface area contributed by atoms with Crippen LogP contribution in [0.2, 0.25) is 0 Å². The smallest absolute Gasteiger partial charge is 0.251 e. The van der Waals surface area contributed by atoms with Gasteiger partial charge in [-0.25, -0.2) is 0 Å². The molecule has 0 bridgehead atoms. The van der Waals surface area contributed by atoms with Crippen LogP contribution in [0.5, 0.6) is 0 Å². The van der Waals surface area contributed by atoms with Gasteiger partial charge in [-0.2, -0.15) is 0 Å². The van der Waals surface area contributed by atoms with Crippen LogP contribution in [-0.2, 0) is 16.1 Å². The number of rotatable bonds is 7. The van der Waals surface area contributed by atoms with Crippen molar-refractivity contribution in [2.24, 2.45) is 0 Å². The van der Waals surface area contributed by atoms with Gasteiger partial charge in [0, 0.05) is 36.0 Å². The topological polar surface area (TPSA) is 66.5 Å². The lowest BCUT2D eigenvalue weighted by Gasteiger charge is -2.19. The molecule has 0 radical (unpaired) electrons. The number of anilines is 1. The molecule has 1 N–H and O–H groups in total. The van der Waals surface area contributed by atoms with Gasteiger partial charge in [0.1, 0.15) is 0 Å². The SMILES string of the molecule is CCN(Cc1ccccc1)C(=O)/C=C(/C)C(=O)Nc1ccc(C(C)=O)cc1. The first-order chi connectivity index (χ1) is 12.9. The predicted octanol–water partition coefficient (Wildman–Crippen LogP) is 3.82. The maximum Gasteiger partial charge on any atom is 0.251 e. The minimum atomic E-state index is -0.352. The zero-order chi connectivity index (χ0) is 19.8. The summed E-state index contributed by atoms with van der Waals surface area (Å²) in [4.78, 5) is 37.8. The molecule has 0 saturated heterocycles. The predicted molar refractivity (Wildman–Crippen MR) is 106 cm³/mol. The summed E-state index contributed by atoms with van der Waals surface area (Å²) in [6, 6.07) is 16.3. The van der Waals surface area contributed by atoms with Gasteiger partial charge in [0.2, 0.25) is 5.91 Å². The molecule has 140 valence electrons. The average molecular weight is 364 g/mol. The van der Waals surface area contributed by atoms with Gasteiger partial charge in [0.15, 0.2) is 5.78 Å². The molecule has 0 aromatic heterocycles. The largest absolute Gasteiger partial charge is 0.335 e. The number of Topliss-reactive ketones (excluding diaryl/α,β-unsaturated/α-hetero) is 1. The molecule has 0 heterocycles. The first kappa shape index (κ1) is 20.1. The Bertz CT molecular complexity index is 840. The second kappa shape index (κ2) is 9.48. The van der Waals surface area contributed by atoms with Crippen molar-refractivity contribution in [2.45, 2.75) is 27.3 Å². The monoisotopic (exact) mass is 364 g/mol. The van der Waals surface area contributed by atoms with Gasteiger partial charge in [-0.1, -0.05) is 30.3 Å². The van der Waals surface area contributed by atoms with Gasteiger partial charge in [-0.05, 0) is 50.6 Å². The molecule has 5 heteroatoms. The van der Waals surface area contributed by atoms with E-state index in [1.807, 2.05) is 37.3 Å². The molecule has 0 aliphatic rings. The lowest BCUT2D eigenvalue weighted by molar-refractivity contribution is -0.126. The Balaban J connectivity index is 2.02. The zero-order valence-electron chi connectivity index (χ0n) is 15.9. The highest BCUT2D eigenvalue weighted by atomic mass is 16.2. The quantitative estimate of drug-likeness (QED) is 0.600. The Morgan fingerprint density at radius 2 is 1.59 bits per heavy atom. The summed E-state index contributed by atoms with van der Waals surface area (Å²) in [6.07, 6.45) is 1.35. The summed E-state index contributed by atoms with van der Waals surface area (Å²) in [5.74, 6) is -0.594. The molecule has 0 aliphatic carbocycles. The maximum atomic E-state index is 12.5. The van der Waals surface area contributed by atoms with Crippen molar-refractivity contribution in [3.63, 3.8) is 0 Å². The van der Waals surface area contributed by atoms with Crippen LogP contribution in [0.25, 0.3) is 0 Å². The minimum absolute atomic E-state index is 0.0346. The number of benzene rings is 2. The summed E-state index contributed by atoms with van der Waals surface area (Å²) in [5.41, 5.74) is 2.51. The van der Waals surface area contributed by atoms with E-state index in [-0.39, 0.29) is 17.6 Å². The van der Waals surface area contributed by atoms with E-state index < -0.39 is 0 Å². The second-order valence-electron chi connectivity index (χ2n) is 6.25. The molecular formula is C22H24N2O3. The lowest BCUT2D eigenvalue weighted by atomic mass is 10.1. The van der Waals surface area contributed by atoms with E-state index in [0.29, 0.717) is 29.9 Å². The fourth-order valence-corrected chi connectivity index (χ4v) is 2.51. The van der Waals surface area contributed by atoms with Gasteiger partial charge in [0.05, 0.1) is 0 Å². The van der Waals surface area contributed by atoms with Crippen LogP contribution in [0.15, 0.2) is 66.2 Å². The van der Waals surface area contributed by atoms with Crippen molar-refractivity contribution >= 4 is 23.3 Å². The molecule has 0 atom stereocenters. The zero-order valence-corrected chi connectivity index (χ0v) is 15.9. The van der Waals surface area contributed by atoms with E-state index in [0.717, 1.165) is 5.56 Å². The van der Waals surface area contributed by atoms with Crippen molar-refractivity contribution in [1.29, 1.82) is 0 Å². The summed E-state index contributed by atoms with van der Waals surface area (Å²) < 4.78 is 0. The number of carbonyl (C=O) groups is 3. The van der Waals surface area contributed by atoms with E-state index in [9.17, 15) is 14.4 Å². The van der Waals surface area contributed by atoms with E-state index >= 15 is 0 Å². The van der Waals surface area contributed by atoms with Crippen LogP contribution in [-0.4, -0.2) is 29.0 Å². The summed E-state index contributed by atoms with van der Waals surface area (Å²) in [5, 5.41) is 2.73. The first-order valence-corrected chi connectivity index (χ1v) is 8.84. The van der Waals surface area contributed by atoms with Crippen molar-refractivity contribution in [1.82, 2.24) is 4.90 Å². The summed E-state index contributed by atoms with van der Waals surface area (Å²) >= 11 is 0. The number of ketones is 1. The molecule has 2 aromatic carbocycles. The standard InChI is InChI=1S/C22H24N2O3/c1-4-24(15-18-8-6-5-7-9-18)21(26)14-16(2)22(27)23-20-12-10-19(11-13-20)17(3)25/h5-14H,4,15H2,1-3H3,(H,23,27)/b16-14-. The molecular weight excluding hydrogens is 340 g/mol. The Kier molecular flexibility index (Phi) is 7.06. The van der Waals surface area contributed by atoms with Crippen LogP contribution < -0.4 is 5.32 Å². The summed E-state index contributed by atoms with van der Waals surface area (Å²) in [7, 11) is 0. The van der Waals surface area contributed by atoms with Gasteiger partial charge >= 0.3 is 0 Å². The van der Waals surface area contributed by atoms with Crippen LogP contribution in [0.1, 0.15) is 36.7 Å². The molecule has 5 nitrogen and oxygen atoms in total. The van der Waals surface area contributed by atoms with E-state index in [1.54, 1.807) is 36.1 Å². The molecule has 0 spiro atoms. The minimum Gasteiger partial charge on any atom is -0.335 e. The van der Waals surface area contributed by atoms with Crippen LogP contribution in [0.4, 0.5) is 5.69 Å².